The van der Waals surface area contributed by atoms with Crippen LogP contribution in [0.5, 0.6) is 5.75 Å². The van der Waals surface area contributed by atoms with Crippen molar-refractivity contribution in [2.24, 2.45) is 5.73 Å². The van der Waals surface area contributed by atoms with Crippen molar-refractivity contribution in [3.63, 3.8) is 0 Å². The molecule has 1 aromatic heterocycles. The predicted octanol–water partition coefficient (Wildman–Crippen LogP) is 3.51. The average Bonchev–Trinajstić information content (AvgIpc) is 3.09. The first-order valence-corrected chi connectivity index (χ1v) is 11.2. The van der Waals surface area contributed by atoms with Crippen LogP contribution in [0.25, 0.3) is 10.2 Å². The second-order valence-corrected chi connectivity index (χ2v) is 10.3. The van der Waals surface area contributed by atoms with Crippen molar-refractivity contribution < 1.29 is 14.3 Å². The summed E-state index contributed by atoms with van der Waals surface area (Å²) in [4.78, 5) is 19.4. The van der Waals surface area contributed by atoms with Crippen molar-refractivity contribution in [1.29, 1.82) is 0 Å². The number of piperidine rings is 1. The van der Waals surface area contributed by atoms with E-state index >= 15 is 0 Å². The van der Waals surface area contributed by atoms with Crippen LogP contribution in [0.1, 0.15) is 45.6 Å². The Morgan fingerprint density at radius 2 is 2.21 bits per heavy atom. The van der Waals surface area contributed by atoms with Gasteiger partial charge in [0.25, 0.3) is 0 Å². The van der Waals surface area contributed by atoms with Gasteiger partial charge in [-0.05, 0) is 52.2 Å². The molecule has 2 atom stereocenters. The van der Waals surface area contributed by atoms with Crippen molar-refractivity contribution in [1.82, 2.24) is 9.88 Å². The van der Waals surface area contributed by atoms with Crippen LogP contribution in [-0.2, 0) is 11.2 Å². The Labute approximate surface area is 174 Å². The van der Waals surface area contributed by atoms with Crippen LogP contribution in [0.4, 0.5) is 9.93 Å². The number of ether oxygens (including phenoxy) is 2. The van der Waals surface area contributed by atoms with E-state index in [1.54, 1.807) is 11.3 Å². The summed E-state index contributed by atoms with van der Waals surface area (Å²) >= 11 is 1.66. The number of carbonyl (C=O) groups is 1. The minimum absolute atomic E-state index is 0.0843. The van der Waals surface area contributed by atoms with Gasteiger partial charge in [-0.25, -0.2) is 9.78 Å². The summed E-state index contributed by atoms with van der Waals surface area (Å²) in [5, 5.41) is 4.47. The van der Waals surface area contributed by atoms with Crippen molar-refractivity contribution in [2.75, 3.05) is 18.5 Å². The van der Waals surface area contributed by atoms with Gasteiger partial charge in [0.1, 0.15) is 11.4 Å². The molecule has 5 rings (SSSR count). The number of hydrogen-bond acceptors (Lipinski definition) is 7. The Kier molecular flexibility index (Phi) is 4.22. The van der Waals surface area contributed by atoms with E-state index in [4.69, 9.17) is 20.2 Å². The Morgan fingerprint density at radius 1 is 1.41 bits per heavy atom. The molecular formula is C21H28N4O3S. The highest BCUT2D eigenvalue weighted by molar-refractivity contribution is 7.22. The highest BCUT2D eigenvalue weighted by Gasteiger charge is 2.59. The molecule has 29 heavy (non-hydrogen) atoms. The fourth-order valence-electron chi connectivity index (χ4n) is 4.60. The van der Waals surface area contributed by atoms with Gasteiger partial charge in [-0.2, -0.15) is 0 Å². The lowest BCUT2D eigenvalue weighted by Crippen LogP contribution is -2.64. The smallest absolute Gasteiger partial charge is 0.410 e. The minimum Gasteiger partial charge on any atom is -0.493 e. The molecule has 1 aliphatic carbocycles. The van der Waals surface area contributed by atoms with E-state index in [0.29, 0.717) is 6.54 Å². The Hall–Kier alpha value is -2.06. The molecular weight excluding hydrogens is 388 g/mol. The third kappa shape index (κ3) is 3.22. The van der Waals surface area contributed by atoms with Crippen LogP contribution in [0.3, 0.4) is 0 Å². The minimum atomic E-state index is -0.503. The molecule has 3 heterocycles. The summed E-state index contributed by atoms with van der Waals surface area (Å²) in [5.74, 6) is 0.952. The number of amides is 1. The van der Waals surface area contributed by atoms with Gasteiger partial charge in [0.2, 0.25) is 0 Å². The maximum atomic E-state index is 12.7. The number of benzene rings is 1. The number of fused-ring (bicyclic) bond motifs is 3. The van der Waals surface area contributed by atoms with E-state index in [-0.39, 0.29) is 23.7 Å². The van der Waals surface area contributed by atoms with Crippen LogP contribution in [0.2, 0.25) is 0 Å². The predicted molar refractivity (Wildman–Crippen MR) is 114 cm³/mol. The quantitative estimate of drug-likeness (QED) is 0.779. The number of hydrogen-bond donors (Lipinski definition) is 2. The van der Waals surface area contributed by atoms with Crippen molar-refractivity contribution >= 4 is 32.8 Å². The van der Waals surface area contributed by atoms with Gasteiger partial charge < -0.3 is 25.4 Å². The SMILES string of the molecule is CC(C)(C)OC(=O)N1CC[C@@H](Nc2nc3c4c(ccc3s2)OCC4)[C@@H](N)C12CC2. The fourth-order valence-corrected chi connectivity index (χ4v) is 5.56. The normalized spacial score (nSPS) is 25.0. The topological polar surface area (TPSA) is 89.7 Å². The number of likely N-dealkylation sites (tertiary alicyclic amines) is 1. The van der Waals surface area contributed by atoms with E-state index in [2.05, 4.69) is 11.4 Å². The molecule has 156 valence electrons. The van der Waals surface area contributed by atoms with E-state index in [1.165, 1.54) is 5.56 Å². The largest absolute Gasteiger partial charge is 0.493 e. The second-order valence-electron chi connectivity index (χ2n) is 9.31. The molecule has 1 amide bonds. The van der Waals surface area contributed by atoms with Gasteiger partial charge in [0.05, 0.1) is 22.4 Å². The van der Waals surface area contributed by atoms with Crippen molar-refractivity contribution in [3.05, 3.63) is 17.7 Å². The number of thiazole rings is 1. The summed E-state index contributed by atoms with van der Waals surface area (Å²) in [5.41, 5.74) is 8.14. The molecule has 1 aromatic carbocycles. The number of nitrogens with zero attached hydrogens (tertiary/aromatic N) is 2. The van der Waals surface area contributed by atoms with Crippen LogP contribution in [0.15, 0.2) is 12.1 Å². The summed E-state index contributed by atoms with van der Waals surface area (Å²) in [6.07, 6.45) is 3.29. The van der Waals surface area contributed by atoms with Crippen molar-refractivity contribution in [2.45, 2.75) is 69.7 Å². The number of anilines is 1. The molecule has 2 aromatic rings. The zero-order chi connectivity index (χ0) is 20.4. The van der Waals surface area contributed by atoms with Gasteiger partial charge in [-0.15, -0.1) is 0 Å². The van der Waals surface area contributed by atoms with Crippen LogP contribution in [-0.4, -0.2) is 52.4 Å². The lowest BCUT2D eigenvalue weighted by Gasteiger charge is -2.45. The molecule has 0 unspecified atom stereocenters. The lowest BCUT2D eigenvalue weighted by molar-refractivity contribution is 0.000879. The molecule has 2 aliphatic heterocycles. The van der Waals surface area contributed by atoms with Crippen LogP contribution >= 0.6 is 11.3 Å². The first kappa shape index (κ1) is 18.9. The Balaban J connectivity index is 1.34. The highest BCUT2D eigenvalue weighted by atomic mass is 32.1. The van der Waals surface area contributed by atoms with Crippen molar-refractivity contribution in [3.8, 4) is 5.75 Å². The van der Waals surface area contributed by atoms with E-state index in [0.717, 1.165) is 53.4 Å². The molecule has 0 radical (unpaired) electrons. The highest BCUT2D eigenvalue weighted by Crippen LogP contribution is 2.49. The fraction of sp³-hybridized carbons (Fsp3) is 0.619. The Bertz CT molecular complexity index is 963. The third-order valence-electron chi connectivity index (χ3n) is 6.17. The molecule has 3 aliphatic rings. The first-order chi connectivity index (χ1) is 13.8. The zero-order valence-electron chi connectivity index (χ0n) is 17.2. The number of nitrogens with two attached hydrogens (primary N) is 1. The molecule has 1 saturated heterocycles. The molecule has 1 saturated carbocycles. The van der Waals surface area contributed by atoms with Gasteiger partial charge in [-0.3, -0.25) is 0 Å². The zero-order valence-corrected chi connectivity index (χ0v) is 18.0. The van der Waals surface area contributed by atoms with Gasteiger partial charge >= 0.3 is 6.09 Å². The molecule has 7 nitrogen and oxygen atoms in total. The third-order valence-corrected chi connectivity index (χ3v) is 7.12. The summed E-state index contributed by atoms with van der Waals surface area (Å²) in [7, 11) is 0. The monoisotopic (exact) mass is 416 g/mol. The van der Waals surface area contributed by atoms with E-state index < -0.39 is 5.60 Å². The molecule has 1 spiro atoms. The second kappa shape index (κ2) is 6.47. The first-order valence-electron chi connectivity index (χ1n) is 10.3. The standard InChI is InChI=1S/C21H28N4O3S/c1-20(2,3)28-19(26)25-10-6-13(17(22)21(25)8-9-21)23-18-24-16-12-7-11-27-14(12)4-5-15(16)29-18/h4-5,13,17H,6-11,22H2,1-3H3,(H,23,24)/t13-,17-/m1/s1. The summed E-state index contributed by atoms with van der Waals surface area (Å²) in [6.45, 7) is 7.06. The maximum absolute atomic E-state index is 12.7. The van der Waals surface area contributed by atoms with E-state index in [9.17, 15) is 4.79 Å². The van der Waals surface area contributed by atoms with E-state index in [1.807, 2.05) is 31.7 Å². The summed E-state index contributed by atoms with van der Waals surface area (Å²) in [6, 6.07) is 4.05. The van der Waals surface area contributed by atoms with Gasteiger partial charge in [0, 0.05) is 30.6 Å². The average molecular weight is 417 g/mol. The number of aromatic nitrogens is 1. The van der Waals surface area contributed by atoms with Crippen LogP contribution < -0.4 is 15.8 Å². The Morgan fingerprint density at radius 3 is 2.93 bits per heavy atom. The van der Waals surface area contributed by atoms with Gasteiger partial charge in [-0.1, -0.05) is 11.3 Å². The molecule has 3 N–H and O–H groups in total. The number of nitrogens with one attached hydrogen (secondary N) is 1. The molecule has 0 bridgehead atoms. The van der Waals surface area contributed by atoms with Crippen LogP contribution in [0, 0.1) is 0 Å². The number of carbonyl (C=O) groups excluding carboxylic acids is 1. The molecule has 2 fully saturated rings. The number of rotatable bonds is 2. The maximum Gasteiger partial charge on any atom is 0.410 e. The summed E-state index contributed by atoms with van der Waals surface area (Å²) < 4.78 is 12.5. The van der Waals surface area contributed by atoms with Gasteiger partial charge in [0.15, 0.2) is 5.13 Å². The lowest BCUT2D eigenvalue weighted by atomic mass is 9.90. The molecule has 8 heteroatoms.